The Kier molecular flexibility index (Phi) is 4.58. The minimum absolute atomic E-state index is 0.0114. The molecule has 0 spiro atoms. The summed E-state index contributed by atoms with van der Waals surface area (Å²) in [5.41, 5.74) is 7.76. The second-order valence-corrected chi connectivity index (χ2v) is 4.62. The zero-order chi connectivity index (χ0) is 14.5. The highest BCUT2D eigenvalue weighted by molar-refractivity contribution is 5.48. The smallest absolute Gasteiger partial charge is 0.125 e. The molecular weight excluding hydrogens is 255 g/mol. The molecule has 2 aromatic carbocycles. The standard InChI is InChI=1S/C16H19FN2O/c1-19(14-5-3-4-13(17)10-14)16(11-18)12-6-8-15(20-2)9-7-12/h3-10,16H,11,18H2,1-2H3. The molecule has 0 amide bonds. The van der Waals surface area contributed by atoms with Gasteiger partial charge < -0.3 is 15.4 Å². The molecule has 0 saturated heterocycles. The Morgan fingerprint density at radius 1 is 1.20 bits per heavy atom. The maximum absolute atomic E-state index is 13.3. The van der Waals surface area contributed by atoms with E-state index >= 15 is 0 Å². The molecule has 0 saturated carbocycles. The van der Waals surface area contributed by atoms with E-state index in [4.69, 9.17) is 10.5 Å². The highest BCUT2D eigenvalue weighted by Gasteiger charge is 2.16. The molecule has 0 fully saturated rings. The fourth-order valence-corrected chi connectivity index (χ4v) is 2.22. The van der Waals surface area contributed by atoms with Crippen LogP contribution in [0.25, 0.3) is 0 Å². The lowest BCUT2D eigenvalue weighted by Crippen LogP contribution is -2.30. The topological polar surface area (TPSA) is 38.5 Å². The Morgan fingerprint density at radius 3 is 2.45 bits per heavy atom. The summed E-state index contributed by atoms with van der Waals surface area (Å²) in [6, 6.07) is 14.3. The van der Waals surface area contributed by atoms with E-state index in [0.717, 1.165) is 17.0 Å². The van der Waals surface area contributed by atoms with E-state index in [2.05, 4.69) is 0 Å². The van der Waals surface area contributed by atoms with Crippen LogP contribution < -0.4 is 15.4 Å². The van der Waals surface area contributed by atoms with Crippen molar-refractivity contribution >= 4 is 5.69 Å². The van der Waals surface area contributed by atoms with Crippen molar-refractivity contribution in [2.24, 2.45) is 5.73 Å². The predicted molar refractivity (Wildman–Crippen MR) is 79.6 cm³/mol. The van der Waals surface area contributed by atoms with Gasteiger partial charge in [-0.15, -0.1) is 0 Å². The zero-order valence-corrected chi connectivity index (χ0v) is 11.7. The van der Waals surface area contributed by atoms with Gasteiger partial charge in [-0.3, -0.25) is 0 Å². The summed E-state index contributed by atoms with van der Waals surface area (Å²) in [6.07, 6.45) is 0. The summed E-state index contributed by atoms with van der Waals surface area (Å²) < 4.78 is 18.5. The van der Waals surface area contributed by atoms with Crippen molar-refractivity contribution in [2.45, 2.75) is 6.04 Å². The fourth-order valence-electron chi connectivity index (χ4n) is 2.22. The van der Waals surface area contributed by atoms with Crippen molar-refractivity contribution in [1.29, 1.82) is 0 Å². The number of nitrogens with zero attached hydrogens (tertiary/aromatic N) is 1. The van der Waals surface area contributed by atoms with Gasteiger partial charge in [0.2, 0.25) is 0 Å². The average molecular weight is 274 g/mol. The van der Waals surface area contributed by atoms with Gasteiger partial charge in [-0.05, 0) is 35.9 Å². The Bertz CT molecular complexity index is 557. The lowest BCUT2D eigenvalue weighted by molar-refractivity contribution is 0.414. The maximum atomic E-state index is 13.3. The Balaban J connectivity index is 2.26. The van der Waals surface area contributed by atoms with E-state index in [1.165, 1.54) is 12.1 Å². The first-order chi connectivity index (χ1) is 9.65. The number of rotatable bonds is 5. The minimum atomic E-state index is -0.250. The summed E-state index contributed by atoms with van der Waals surface area (Å²) in [7, 11) is 3.55. The molecule has 0 aromatic heterocycles. The molecule has 4 heteroatoms. The second-order valence-electron chi connectivity index (χ2n) is 4.62. The third-order valence-electron chi connectivity index (χ3n) is 3.41. The van der Waals surface area contributed by atoms with Crippen LogP contribution in [0.3, 0.4) is 0 Å². The number of methoxy groups -OCH3 is 1. The van der Waals surface area contributed by atoms with E-state index in [0.29, 0.717) is 6.54 Å². The molecule has 106 valence electrons. The molecule has 0 heterocycles. The van der Waals surface area contributed by atoms with Gasteiger partial charge in [0.25, 0.3) is 0 Å². The predicted octanol–water partition coefficient (Wildman–Crippen LogP) is 2.97. The van der Waals surface area contributed by atoms with Gasteiger partial charge in [-0.25, -0.2) is 4.39 Å². The maximum Gasteiger partial charge on any atom is 0.125 e. The molecule has 0 radical (unpaired) electrons. The zero-order valence-electron chi connectivity index (χ0n) is 11.7. The normalized spacial score (nSPS) is 12.0. The Hall–Kier alpha value is -2.07. The second kappa shape index (κ2) is 6.39. The summed E-state index contributed by atoms with van der Waals surface area (Å²) in [5.74, 6) is 0.554. The van der Waals surface area contributed by atoms with Crippen LogP contribution in [0.15, 0.2) is 48.5 Å². The lowest BCUT2D eigenvalue weighted by Gasteiger charge is -2.29. The molecule has 0 aliphatic rings. The molecule has 1 unspecified atom stereocenters. The monoisotopic (exact) mass is 274 g/mol. The highest BCUT2D eigenvalue weighted by Crippen LogP contribution is 2.26. The van der Waals surface area contributed by atoms with Crippen molar-refractivity contribution < 1.29 is 9.13 Å². The van der Waals surface area contributed by atoms with Gasteiger partial charge in [0.1, 0.15) is 11.6 Å². The number of anilines is 1. The van der Waals surface area contributed by atoms with Crippen LogP contribution in [0.5, 0.6) is 5.75 Å². The van der Waals surface area contributed by atoms with Gasteiger partial charge in [-0.1, -0.05) is 18.2 Å². The van der Waals surface area contributed by atoms with Crippen LogP contribution in [0.4, 0.5) is 10.1 Å². The Morgan fingerprint density at radius 2 is 1.90 bits per heavy atom. The first-order valence-electron chi connectivity index (χ1n) is 6.48. The molecule has 3 nitrogen and oxygen atoms in total. The van der Waals surface area contributed by atoms with Gasteiger partial charge in [0.15, 0.2) is 0 Å². The number of ether oxygens (including phenoxy) is 1. The van der Waals surface area contributed by atoms with E-state index < -0.39 is 0 Å². The van der Waals surface area contributed by atoms with E-state index in [-0.39, 0.29) is 11.9 Å². The third-order valence-corrected chi connectivity index (χ3v) is 3.41. The third kappa shape index (κ3) is 3.08. The van der Waals surface area contributed by atoms with Gasteiger partial charge in [-0.2, -0.15) is 0 Å². The SMILES string of the molecule is COc1ccc(C(CN)N(C)c2cccc(F)c2)cc1. The highest BCUT2D eigenvalue weighted by atomic mass is 19.1. The van der Waals surface area contributed by atoms with Crippen LogP contribution in [0, 0.1) is 5.82 Å². The van der Waals surface area contributed by atoms with E-state index in [1.54, 1.807) is 13.2 Å². The van der Waals surface area contributed by atoms with Gasteiger partial charge in [0.05, 0.1) is 13.2 Å². The minimum Gasteiger partial charge on any atom is -0.497 e. The molecule has 2 N–H and O–H groups in total. The Labute approximate surface area is 118 Å². The van der Waals surface area contributed by atoms with Crippen LogP contribution in [-0.4, -0.2) is 20.7 Å². The molecule has 1 atom stereocenters. The first-order valence-corrected chi connectivity index (χ1v) is 6.48. The first kappa shape index (κ1) is 14.3. The van der Waals surface area contributed by atoms with Crippen LogP contribution in [0.2, 0.25) is 0 Å². The molecular formula is C16H19FN2O. The molecule has 2 aromatic rings. The van der Waals surface area contributed by atoms with Gasteiger partial charge in [0, 0.05) is 19.3 Å². The number of hydrogen-bond acceptors (Lipinski definition) is 3. The van der Waals surface area contributed by atoms with Crippen LogP contribution in [-0.2, 0) is 0 Å². The van der Waals surface area contributed by atoms with Crippen LogP contribution in [0.1, 0.15) is 11.6 Å². The number of benzene rings is 2. The quantitative estimate of drug-likeness (QED) is 0.911. The van der Waals surface area contributed by atoms with Crippen LogP contribution >= 0.6 is 0 Å². The average Bonchev–Trinajstić information content (AvgIpc) is 2.48. The summed E-state index contributed by atoms with van der Waals surface area (Å²) in [6.45, 7) is 0.444. The molecule has 20 heavy (non-hydrogen) atoms. The lowest BCUT2D eigenvalue weighted by atomic mass is 10.0. The summed E-state index contributed by atoms with van der Waals surface area (Å²) in [4.78, 5) is 1.98. The molecule has 0 bridgehead atoms. The number of nitrogens with two attached hydrogens (primary N) is 1. The molecule has 0 aliphatic heterocycles. The van der Waals surface area contributed by atoms with E-state index in [1.807, 2.05) is 42.3 Å². The van der Waals surface area contributed by atoms with Crippen molar-refractivity contribution in [3.8, 4) is 5.75 Å². The summed E-state index contributed by atoms with van der Waals surface area (Å²) in [5, 5.41) is 0. The van der Waals surface area contributed by atoms with Crippen molar-refractivity contribution in [3.05, 3.63) is 59.9 Å². The molecule has 0 aliphatic carbocycles. The van der Waals surface area contributed by atoms with Crippen molar-refractivity contribution in [3.63, 3.8) is 0 Å². The number of halogens is 1. The molecule has 2 rings (SSSR count). The fraction of sp³-hybridized carbons (Fsp3) is 0.250. The summed E-state index contributed by atoms with van der Waals surface area (Å²) >= 11 is 0. The van der Waals surface area contributed by atoms with Crippen molar-refractivity contribution in [1.82, 2.24) is 0 Å². The van der Waals surface area contributed by atoms with Gasteiger partial charge >= 0.3 is 0 Å². The largest absolute Gasteiger partial charge is 0.497 e. The van der Waals surface area contributed by atoms with Crippen molar-refractivity contribution in [2.75, 3.05) is 25.6 Å². The number of likely N-dealkylation sites (N-methyl/N-ethyl adjacent to an activating group) is 1. The van der Waals surface area contributed by atoms with E-state index in [9.17, 15) is 4.39 Å². The number of hydrogen-bond donors (Lipinski definition) is 1.